The minimum atomic E-state index is 0. The number of rotatable bonds is 6. The van der Waals surface area contributed by atoms with Crippen molar-refractivity contribution in [3.63, 3.8) is 0 Å². The molecule has 3 aromatic carbocycles. The predicted octanol–water partition coefficient (Wildman–Crippen LogP) is 0.784. The molecule has 0 bridgehead atoms. The van der Waals surface area contributed by atoms with Crippen LogP contribution in [0.5, 0.6) is 0 Å². The average Bonchev–Trinajstić information content (AvgIpc) is 3.38. The average molecular weight is 810 g/mol. The fourth-order valence-electron chi connectivity index (χ4n) is 3.78. The summed E-state index contributed by atoms with van der Waals surface area (Å²) in [6.45, 7) is 12.2. The van der Waals surface area contributed by atoms with E-state index in [9.17, 15) is 0 Å². The SMILES string of the molecule is C(=Nc1ccccc1)Nc1ccccc1.CC1=[N+](C)C(C)(C)CO1.C[N+]1=C(C=CNc2ccccc2)OCC1(C)C.[I-].[I-]. The summed E-state index contributed by atoms with van der Waals surface area (Å²) >= 11 is 0. The van der Waals surface area contributed by atoms with Crippen molar-refractivity contribution in [3.05, 3.63) is 103 Å². The van der Waals surface area contributed by atoms with Crippen LogP contribution in [0.2, 0.25) is 0 Å². The molecule has 43 heavy (non-hydrogen) atoms. The second kappa shape index (κ2) is 18.7. The Morgan fingerprint density at radius 2 is 1.14 bits per heavy atom. The third-order valence-corrected chi connectivity index (χ3v) is 7.05. The normalized spacial score (nSPS) is 16.1. The Kier molecular flexibility index (Phi) is 16.5. The number of halogens is 2. The molecule has 232 valence electrons. The first kappa shape index (κ1) is 38.1. The summed E-state index contributed by atoms with van der Waals surface area (Å²) in [6.07, 6.45) is 5.56. The van der Waals surface area contributed by atoms with Crippen LogP contribution in [0.3, 0.4) is 0 Å². The molecule has 0 saturated heterocycles. The van der Waals surface area contributed by atoms with Gasteiger partial charge in [0.25, 0.3) is 0 Å². The highest BCUT2D eigenvalue weighted by atomic mass is 127. The van der Waals surface area contributed by atoms with Gasteiger partial charge >= 0.3 is 11.8 Å². The molecule has 0 fully saturated rings. The van der Waals surface area contributed by atoms with Crippen molar-refractivity contribution in [1.29, 1.82) is 0 Å². The maximum Gasteiger partial charge on any atom is 0.364 e. The summed E-state index contributed by atoms with van der Waals surface area (Å²) in [7, 11) is 4.11. The molecular formula is C34H45I2N5O2. The Labute approximate surface area is 291 Å². The smallest absolute Gasteiger partial charge is 0.364 e. The molecule has 2 N–H and O–H groups in total. The molecule has 9 heteroatoms. The Morgan fingerprint density at radius 1 is 0.674 bits per heavy atom. The number of aliphatic imine (C=N–C) groups is 1. The summed E-state index contributed by atoms with van der Waals surface area (Å²) < 4.78 is 15.3. The van der Waals surface area contributed by atoms with E-state index in [0.717, 1.165) is 42.1 Å². The zero-order chi connectivity index (χ0) is 29.7. The summed E-state index contributed by atoms with van der Waals surface area (Å²) in [5.41, 5.74) is 3.33. The first-order chi connectivity index (χ1) is 19.6. The van der Waals surface area contributed by atoms with E-state index < -0.39 is 0 Å². The summed E-state index contributed by atoms with van der Waals surface area (Å²) in [5, 5.41) is 6.31. The number of nitrogens with one attached hydrogen (secondary N) is 2. The van der Waals surface area contributed by atoms with Crippen LogP contribution in [0.25, 0.3) is 0 Å². The summed E-state index contributed by atoms with van der Waals surface area (Å²) in [5.74, 6) is 1.93. The molecule has 0 radical (unpaired) electrons. The minimum absolute atomic E-state index is 0. The molecule has 0 amide bonds. The van der Waals surface area contributed by atoms with Crippen LogP contribution in [0.4, 0.5) is 17.1 Å². The van der Waals surface area contributed by atoms with Crippen LogP contribution in [0, 0.1) is 0 Å². The Balaban J connectivity index is 0.000000329. The Hall–Kier alpha value is -2.93. The van der Waals surface area contributed by atoms with Crippen molar-refractivity contribution in [2.24, 2.45) is 4.99 Å². The maximum absolute atomic E-state index is 5.63. The van der Waals surface area contributed by atoms with Crippen molar-refractivity contribution in [3.8, 4) is 0 Å². The number of para-hydroxylation sites is 3. The number of likely N-dealkylation sites (N-methyl/N-ethyl adjacent to an activating group) is 2. The largest absolute Gasteiger partial charge is 1.00 e. The van der Waals surface area contributed by atoms with Gasteiger partial charge in [-0.25, -0.2) is 4.99 Å². The van der Waals surface area contributed by atoms with Crippen molar-refractivity contribution in [2.75, 3.05) is 37.9 Å². The van der Waals surface area contributed by atoms with Gasteiger partial charge in [0.2, 0.25) is 0 Å². The second-order valence-corrected chi connectivity index (χ2v) is 11.1. The van der Waals surface area contributed by atoms with Crippen LogP contribution >= 0.6 is 0 Å². The van der Waals surface area contributed by atoms with Gasteiger partial charge in [0.05, 0.1) is 25.0 Å². The molecule has 5 rings (SSSR count). The molecule has 0 saturated carbocycles. The Morgan fingerprint density at radius 3 is 1.56 bits per heavy atom. The predicted molar refractivity (Wildman–Crippen MR) is 172 cm³/mol. The van der Waals surface area contributed by atoms with E-state index in [-0.39, 0.29) is 59.0 Å². The topological polar surface area (TPSA) is 60.9 Å². The van der Waals surface area contributed by atoms with Crippen LogP contribution in [-0.4, -0.2) is 65.7 Å². The molecule has 0 atom stereocenters. The Bertz CT molecular complexity index is 1360. The fourth-order valence-corrected chi connectivity index (χ4v) is 3.78. The van der Waals surface area contributed by atoms with Gasteiger partial charge < -0.3 is 68.1 Å². The van der Waals surface area contributed by atoms with Crippen molar-refractivity contribution in [1.82, 2.24) is 0 Å². The van der Waals surface area contributed by atoms with Crippen LogP contribution < -0.4 is 58.6 Å². The highest BCUT2D eigenvalue weighted by Gasteiger charge is 2.38. The first-order valence-corrected chi connectivity index (χ1v) is 13.9. The van der Waals surface area contributed by atoms with Gasteiger partial charge in [0.15, 0.2) is 24.3 Å². The molecule has 2 aliphatic heterocycles. The van der Waals surface area contributed by atoms with E-state index in [0.29, 0.717) is 0 Å². The van der Waals surface area contributed by atoms with Gasteiger partial charge in [0, 0.05) is 45.3 Å². The van der Waals surface area contributed by atoms with E-state index in [4.69, 9.17) is 9.47 Å². The molecule has 0 spiro atoms. The summed E-state index contributed by atoms with van der Waals surface area (Å²) in [6, 6.07) is 29.8. The van der Waals surface area contributed by atoms with E-state index in [1.165, 1.54) is 0 Å². The highest BCUT2D eigenvalue weighted by molar-refractivity contribution is 5.84. The van der Waals surface area contributed by atoms with Crippen molar-refractivity contribution < 1.29 is 66.6 Å². The van der Waals surface area contributed by atoms with Gasteiger partial charge in [-0.2, -0.15) is 9.15 Å². The lowest BCUT2D eigenvalue weighted by Gasteiger charge is -2.09. The van der Waals surface area contributed by atoms with Gasteiger partial charge in [-0.3, -0.25) is 0 Å². The third kappa shape index (κ3) is 12.7. The van der Waals surface area contributed by atoms with Crippen molar-refractivity contribution >= 4 is 35.2 Å². The second-order valence-electron chi connectivity index (χ2n) is 11.1. The molecule has 0 aliphatic carbocycles. The quantitative estimate of drug-likeness (QED) is 0.168. The van der Waals surface area contributed by atoms with E-state index in [1.54, 1.807) is 6.34 Å². The number of hydrogen-bond donors (Lipinski definition) is 2. The minimum Gasteiger partial charge on any atom is -1.00 e. The van der Waals surface area contributed by atoms with Crippen LogP contribution in [0.15, 0.2) is 108 Å². The standard InChI is InChI=1S/C14H18N2O.C13H12N2.C7H14NO.2HI/c1-14(2)11-17-13(16(14)3)9-10-15-12-7-5-4-6-8-12;1-3-7-12(8-4-1)14-11-15-13-9-5-2-6-10-13;1-6-8(4)7(2,3)5-9-6;;/h4-10H,11H2,1-3H3;1-11H,(H,14,15);5H2,1-4H3;2*1H/q;;+1;;/p-1. The number of hydrogen-bond acceptors (Lipinski definition) is 4. The molecule has 0 unspecified atom stereocenters. The first-order valence-electron chi connectivity index (χ1n) is 13.9. The molecule has 2 aliphatic rings. The monoisotopic (exact) mass is 809 g/mol. The van der Waals surface area contributed by atoms with E-state index in [2.05, 4.69) is 66.6 Å². The van der Waals surface area contributed by atoms with Crippen LogP contribution in [0.1, 0.15) is 34.6 Å². The van der Waals surface area contributed by atoms with Gasteiger partial charge in [-0.15, -0.1) is 0 Å². The van der Waals surface area contributed by atoms with Gasteiger partial charge in [-0.1, -0.05) is 54.6 Å². The molecule has 7 nitrogen and oxygen atoms in total. The number of nitrogens with zero attached hydrogens (tertiary/aromatic N) is 3. The lowest BCUT2D eigenvalue weighted by molar-refractivity contribution is -0.563. The lowest BCUT2D eigenvalue weighted by atomic mass is 10.1. The number of benzene rings is 3. The molecule has 0 aromatic heterocycles. The third-order valence-electron chi connectivity index (χ3n) is 7.05. The number of anilines is 2. The highest BCUT2D eigenvalue weighted by Crippen LogP contribution is 2.16. The zero-order valence-electron chi connectivity index (χ0n) is 26.2. The van der Waals surface area contributed by atoms with Gasteiger partial charge in [-0.05, 0) is 36.4 Å². The fraction of sp³-hybridized carbons (Fsp3) is 0.324. The lowest BCUT2D eigenvalue weighted by Crippen LogP contribution is -3.00. The van der Waals surface area contributed by atoms with Crippen LogP contribution in [-0.2, 0) is 9.47 Å². The molecular weight excluding hydrogens is 764 g/mol. The van der Waals surface area contributed by atoms with Crippen molar-refractivity contribution in [2.45, 2.75) is 45.7 Å². The summed E-state index contributed by atoms with van der Waals surface area (Å²) in [4.78, 5) is 4.27. The van der Waals surface area contributed by atoms with E-state index in [1.807, 2.05) is 110 Å². The maximum atomic E-state index is 5.63. The van der Waals surface area contributed by atoms with E-state index >= 15 is 0 Å². The molecule has 2 heterocycles. The zero-order valence-corrected chi connectivity index (χ0v) is 30.5. The number of ether oxygens (including phenoxy) is 2. The molecule has 3 aromatic rings. The van der Waals surface area contributed by atoms with Gasteiger partial charge in [0.1, 0.15) is 14.1 Å².